The van der Waals surface area contributed by atoms with Crippen LogP contribution in [0.2, 0.25) is 5.02 Å². The lowest BCUT2D eigenvalue weighted by Crippen LogP contribution is -2.06. The number of carbonyl (C=O) groups excluding carboxylic acids is 1. The lowest BCUT2D eigenvalue weighted by molar-refractivity contribution is -0.114. The Bertz CT molecular complexity index is 672. The van der Waals surface area contributed by atoms with Crippen molar-refractivity contribution in [1.82, 2.24) is 0 Å². The van der Waals surface area contributed by atoms with Gasteiger partial charge >= 0.3 is 0 Å². The van der Waals surface area contributed by atoms with E-state index in [0.717, 1.165) is 5.56 Å². The molecule has 2 rings (SSSR count). The lowest BCUT2D eigenvalue weighted by Gasteiger charge is -2.12. The number of carbonyl (C=O) groups is 1. The molecule has 2 aromatic rings. The van der Waals surface area contributed by atoms with Gasteiger partial charge < -0.3 is 5.32 Å². The van der Waals surface area contributed by atoms with Crippen LogP contribution in [-0.2, 0) is 4.79 Å². The van der Waals surface area contributed by atoms with E-state index in [4.69, 9.17) is 23.2 Å². The topological polar surface area (TPSA) is 58.5 Å². The molecule has 0 aromatic heterocycles. The average Bonchev–Trinajstić information content (AvgIpc) is 2.47. The van der Waals surface area contributed by atoms with Gasteiger partial charge in [0.1, 0.15) is 5.69 Å². The molecule has 1 atom stereocenters. The van der Waals surface area contributed by atoms with Crippen molar-refractivity contribution in [3.8, 4) is 0 Å². The maximum atomic E-state index is 11.1. The number of alkyl halides is 1. The second-order valence-electron chi connectivity index (χ2n) is 4.46. The lowest BCUT2D eigenvalue weighted by atomic mass is 10.0. The minimum atomic E-state index is -0.436. The molecule has 0 saturated carbocycles. The van der Waals surface area contributed by atoms with Crippen molar-refractivity contribution >= 4 is 40.5 Å². The van der Waals surface area contributed by atoms with E-state index in [1.807, 2.05) is 12.1 Å². The molecule has 0 aliphatic heterocycles. The van der Waals surface area contributed by atoms with E-state index in [0.29, 0.717) is 16.3 Å². The van der Waals surface area contributed by atoms with Gasteiger partial charge in [0.2, 0.25) is 5.91 Å². The number of hydrogen-bond donors (Lipinski definition) is 1. The van der Waals surface area contributed by atoms with Gasteiger partial charge in [0.15, 0.2) is 0 Å². The summed E-state index contributed by atoms with van der Waals surface area (Å²) >= 11 is 12.2. The normalized spacial score (nSPS) is 11.8. The molecule has 0 spiro atoms. The molecule has 0 aliphatic rings. The standard InChI is InChI=1S/C15H12Cl2N2O2/c1-9(20)18-13-7-4-11(8-14(13)19-21)15(17)10-2-5-12(16)6-3-10/h2-8,15H,1H3,(H,18,20). The minimum absolute atomic E-state index is 0.141. The monoisotopic (exact) mass is 322 g/mol. The first-order chi connectivity index (χ1) is 10.0. The fourth-order valence-corrected chi connectivity index (χ4v) is 2.31. The number of nitroso groups, excluding NO2 is 1. The Morgan fingerprint density at radius 3 is 2.33 bits per heavy atom. The van der Waals surface area contributed by atoms with Crippen LogP contribution in [-0.4, -0.2) is 5.91 Å². The van der Waals surface area contributed by atoms with Crippen LogP contribution < -0.4 is 5.32 Å². The number of nitrogens with zero attached hydrogens (tertiary/aromatic N) is 1. The Labute approximate surface area is 132 Å². The van der Waals surface area contributed by atoms with E-state index in [1.165, 1.54) is 6.92 Å². The predicted molar refractivity (Wildman–Crippen MR) is 85.3 cm³/mol. The third-order valence-electron chi connectivity index (χ3n) is 2.89. The van der Waals surface area contributed by atoms with E-state index in [-0.39, 0.29) is 11.6 Å². The zero-order valence-electron chi connectivity index (χ0n) is 11.1. The summed E-state index contributed by atoms with van der Waals surface area (Å²) in [6, 6.07) is 12.0. The number of rotatable bonds is 4. The van der Waals surface area contributed by atoms with Crippen LogP contribution in [0.5, 0.6) is 0 Å². The first kappa shape index (κ1) is 15.5. The SMILES string of the molecule is CC(=O)Nc1ccc(C(Cl)c2ccc(Cl)cc2)cc1N=O. The summed E-state index contributed by atoms with van der Waals surface area (Å²) in [6.45, 7) is 1.36. The van der Waals surface area contributed by atoms with Gasteiger partial charge in [0.05, 0.1) is 11.1 Å². The van der Waals surface area contributed by atoms with Crippen molar-refractivity contribution in [1.29, 1.82) is 0 Å². The van der Waals surface area contributed by atoms with Gasteiger partial charge in [0.25, 0.3) is 0 Å². The number of amides is 1. The van der Waals surface area contributed by atoms with Crippen molar-refractivity contribution in [2.75, 3.05) is 5.32 Å². The predicted octanol–water partition coefficient (Wildman–Crippen LogP) is 5.02. The zero-order chi connectivity index (χ0) is 15.4. The summed E-state index contributed by atoms with van der Waals surface area (Å²) in [5, 5.41) is 5.66. The Morgan fingerprint density at radius 1 is 1.14 bits per heavy atom. The number of benzene rings is 2. The Hall–Kier alpha value is -1.91. The zero-order valence-corrected chi connectivity index (χ0v) is 12.7. The summed E-state index contributed by atoms with van der Waals surface area (Å²) in [4.78, 5) is 22.0. The molecule has 6 heteroatoms. The second kappa shape index (κ2) is 6.70. The van der Waals surface area contributed by atoms with E-state index in [9.17, 15) is 9.70 Å². The fraction of sp³-hybridized carbons (Fsp3) is 0.133. The average molecular weight is 323 g/mol. The van der Waals surface area contributed by atoms with Crippen LogP contribution in [0.4, 0.5) is 11.4 Å². The van der Waals surface area contributed by atoms with Gasteiger partial charge in [-0.1, -0.05) is 29.8 Å². The van der Waals surface area contributed by atoms with E-state index in [2.05, 4.69) is 10.5 Å². The third-order valence-corrected chi connectivity index (χ3v) is 3.64. The first-order valence-corrected chi connectivity index (χ1v) is 6.97. The molecule has 0 fully saturated rings. The Kier molecular flexibility index (Phi) is 4.94. The molecule has 0 heterocycles. The van der Waals surface area contributed by atoms with E-state index >= 15 is 0 Å². The number of halogens is 2. The third kappa shape index (κ3) is 3.80. The molecule has 0 saturated heterocycles. The Morgan fingerprint density at radius 2 is 1.76 bits per heavy atom. The van der Waals surface area contributed by atoms with Crippen molar-refractivity contribution in [3.05, 3.63) is 63.5 Å². The molecular formula is C15H12Cl2N2O2. The van der Waals surface area contributed by atoms with E-state index < -0.39 is 5.38 Å². The van der Waals surface area contributed by atoms with Gasteiger partial charge in [-0.3, -0.25) is 4.79 Å². The summed E-state index contributed by atoms with van der Waals surface area (Å²) < 4.78 is 0. The van der Waals surface area contributed by atoms with Crippen LogP contribution in [0, 0.1) is 4.91 Å². The van der Waals surface area contributed by atoms with Gasteiger partial charge in [0, 0.05) is 11.9 Å². The fourth-order valence-electron chi connectivity index (χ4n) is 1.90. The van der Waals surface area contributed by atoms with Crippen molar-refractivity contribution < 1.29 is 4.79 Å². The highest BCUT2D eigenvalue weighted by Gasteiger charge is 2.14. The van der Waals surface area contributed by atoms with Crippen molar-refractivity contribution in [2.24, 2.45) is 5.18 Å². The van der Waals surface area contributed by atoms with Crippen LogP contribution in [0.25, 0.3) is 0 Å². The summed E-state index contributed by atoms with van der Waals surface area (Å²) in [5.41, 5.74) is 2.07. The van der Waals surface area contributed by atoms with Crippen LogP contribution >= 0.6 is 23.2 Å². The van der Waals surface area contributed by atoms with Gasteiger partial charge in [-0.15, -0.1) is 16.5 Å². The molecule has 1 N–H and O–H groups in total. The molecule has 0 aliphatic carbocycles. The first-order valence-electron chi connectivity index (χ1n) is 6.15. The number of hydrogen-bond acceptors (Lipinski definition) is 3. The maximum absolute atomic E-state index is 11.1. The maximum Gasteiger partial charge on any atom is 0.221 e. The summed E-state index contributed by atoms with van der Waals surface area (Å²) in [7, 11) is 0. The van der Waals surface area contributed by atoms with Gasteiger partial charge in [-0.2, -0.15) is 0 Å². The van der Waals surface area contributed by atoms with Gasteiger partial charge in [-0.05, 0) is 40.6 Å². The van der Waals surface area contributed by atoms with Crippen molar-refractivity contribution in [2.45, 2.75) is 12.3 Å². The Balaban J connectivity index is 2.33. The number of nitrogens with one attached hydrogen (secondary N) is 1. The summed E-state index contributed by atoms with van der Waals surface area (Å²) in [5.74, 6) is -0.271. The summed E-state index contributed by atoms with van der Waals surface area (Å²) in [6.07, 6.45) is 0. The molecule has 21 heavy (non-hydrogen) atoms. The highest BCUT2D eigenvalue weighted by atomic mass is 35.5. The second-order valence-corrected chi connectivity index (χ2v) is 5.34. The minimum Gasteiger partial charge on any atom is -0.324 e. The van der Waals surface area contributed by atoms with Crippen LogP contribution in [0.15, 0.2) is 47.6 Å². The van der Waals surface area contributed by atoms with Crippen LogP contribution in [0.1, 0.15) is 23.4 Å². The van der Waals surface area contributed by atoms with Gasteiger partial charge in [-0.25, -0.2) is 0 Å². The molecule has 4 nitrogen and oxygen atoms in total. The van der Waals surface area contributed by atoms with Crippen molar-refractivity contribution in [3.63, 3.8) is 0 Å². The molecule has 108 valence electrons. The van der Waals surface area contributed by atoms with Crippen LogP contribution in [0.3, 0.4) is 0 Å². The molecule has 2 aromatic carbocycles. The highest BCUT2D eigenvalue weighted by molar-refractivity contribution is 6.30. The largest absolute Gasteiger partial charge is 0.324 e. The molecule has 1 amide bonds. The molecular weight excluding hydrogens is 311 g/mol. The smallest absolute Gasteiger partial charge is 0.221 e. The van der Waals surface area contributed by atoms with E-state index in [1.54, 1.807) is 30.3 Å². The molecule has 0 bridgehead atoms. The number of anilines is 1. The molecule has 0 radical (unpaired) electrons. The quantitative estimate of drug-likeness (QED) is 0.634. The highest BCUT2D eigenvalue weighted by Crippen LogP contribution is 2.34. The molecule has 1 unspecified atom stereocenters.